The zero-order chi connectivity index (χ0) is 14.1. The van der Waals surface area contributed by atoms with Crippen molar-refractivity contribution < 1.29 is 0 Å². The van der Waals surface area contributed by atoms with E-state index in [2.05, 4.69) is 42.2 Å². The van der Waals surface area contributed by atoms with Crippen LogP contribution in [0.25, 0.3) is 0 Å². The third-order valence-electron chi connectivity index (χ3n) is 4.18. The molecule has 0 radical (unpaired) electrons. The summed E-state index contributed by atoms with van der Waals surface area (Å²) < 4.78 is 0. The van der Waals surface area contributed by atoms with Crippen molar-refractivity contribution in [1.29, 1.82) is 0 Å². The highest BCUT2D eigenvalue weighted by Gasteiger charge is 2.30. The van der Waals surface area contributed by atoms with Crippen LogP contribution in [0.15, 0.2) is 42.5 Å². The van der Waals surface area contributed by atoms with Gasteiger partial charge in [-0.15, -0.1) is 0 Å². The first-order valence-corrected chi connectivity index (χ1v) is 7.34. The second-order valence-corrected chi connectivity index (χ2v) is 5.79. The molecule has 1 aliphatic heterocycles. The summed E-state index contributed by atoms with van der Waals surface area (Å²) in [5, 5.41) is 0.848. The second-order valence-electron chi connectivity index (χ2n) is 5.38. The van der Waals surface area contributed by atoms with Crippen molar-refractivity contribution in [2.24, 2.45) is 5.73 Å². The van der Waals surface area contributed by atoms with E-state index in [9.17, 15) is 0 Å². The summed E-state index contributed by atoms with van der Waals surface area (Å²) in [5.41, 5.74) is 11.2. The number of halogens is 1. The molecule has 0 fully saturated rings. The summed E-state index contributed by atoms with van der Waals surface area (Å²) in [6, 6.07) is 15.0. The van der Waals surface area contributed by atoms with E-state index in [0.717, 1.165) is 18.1 Å². The smallest absolute Gasteiger partial charge is 0.0480 e. The zero-order valence-corrected chi connectivity index (χ0v) is 12.4. The summed E-state index contributed by atoms with van der Waals surface area (Å²) >= 11 is 6.24. The molecular weight excluding hydrogens is 268 g/mol. The lowest BCUT2D eigenvalue weighted by molar-refractivity contribution is 0.211. The fourth-order valence-electron chi connectivity index (χ4n) is 3.04. The molecule has 20 heavy (non-hydrogen) atoms. The van der Waals surface area contributed by atoms with Gasteiger partial charge in [-0.3, -0.25) is 4.90 Å². The lowest BCUT2D eigenvalue weighted by Gasteiger charge is -2.23. The van der Waals surface area contributed by atoms with E-state index < -0.39 is 0 Å². The van der Waals surface area contributed by atoms with Crippen LogP contribution in [0, 0.1) is 6.92 Å². The maximum absolute atomic E-state index is 6.24. The number of rotatable bonds is 3. The van der Waals surface area contributed by atoms with Crippen molar-refractivity contribution in [2.45, 2.75) is 26.1 Å². The lowest BCUT2D eigenvalue weighted by atomic mass is 10.0. The molecule has 1 atom stereocenters. The van der Waals surface area contributed by atoms with Crippen LogP contribution < -0.4 is 5.73 Å². The van der Waals surface area contributed by atoms with Crippen LogP contribution in [0.4, 0.5) is 0 Å². The maximum Gasteiger partial charge on any atom is 0.0480 e. The van der Waals surface area contributed by atoms with Gasteiger partial charge in [0, 0.05) is 30.7 Å². The van der Waals surface area contributed by atoms with E-state index in [-0.39, 0.29) is 0 Å². The summed E-state index contributed by atoms with van der Waals surface area (Å²) in [4.78, 5) is 2.43. The molecule has 0 amide bonds. The van der Waals surface area contributed by atoms with E-state index in [1.54, 1.807) is 0 Å². The van der Waals surface area contributed by atoms with Gasteiger partial charge in [0.25, 0.3) is 0 Å². The van der Waals surface area contributed by atoms with Crippen LogP contribution in [-0.2, 0) is 13.1 Å². The predicted molar refractivity (Wildman–Crippen MR) is 83.7 cm³/mol. The van der Waals surface area contributed by atoms with Gasteiger partial charge in [-0.2, -0.15) is 0 Å². The fourth-order valence-corrected chi connectivity index (χ4v) is 3.22. The lowest BCUT2D eigenvalue weighted by Crippen LogP contribution is -2.27. The standard InChI is InChI=1S/C17H19ClN2/c1-12-15-11-20(10-13-5-3-2-4-6-13)17(9-19)14(15)7-8-16(12)18/h2-8,17H,9-11,19H2,1H3. The summed E-state index contributed by atoms with van der Waals surface area (Å²) in [5.74, 6) is 0. The van der Waals surface area contributed by atoms with Crippen LogP contribution in [0.3, 0.4) is 0 Å². The van der Waals surface area contributed by atoms with Crippen molar-refractivity contribution in [1.82, 2.24) is 4.90 Å². The highest BCUT2D eigenvalue weighted by molar-refractivity contribution is 6.31. The molecule has 0 bridgehead atoms. The Hall–Kier alpha value is -1.35. The summed E-state index contributed by atoms with van der Waals surface area (Å²) in [6.45, 7) is 4.59. The summed E-state index contributed by atoms with van der Waals surface area (Å²) in [6.07, 6.45) is 0. The first-order chi connectivity index (χ1) is 9.70. The molecule has 1 unspecified atom stereocenters. The Kier molecular flexibility index (Phi) is 3.79. The molecule has 3 rings (SSSR count). The Morgan fingerprint density at radius 2 is 1.95 bits per heavy atom. The molecule has 0 aliphatic carbocycles. The number of nitrogens with two attached hydrogens (primary N) is 1. The molecule has 2 aromatic carbocycles. The molecule has 2 aromatic rings. The van der Waals surface area contributed by atoms with Crippen LogP contribution in [0.2, 0.25) is 5.02 Å². The van der Waals surface area contributed by atoms with Crippen LogP contribution in [0.5, 0.6) is 0 Å². The van der Waals surface area contributed by atoms with Gasteiger partial charge in [0.15, 0.2) is 0 Å². The van der Waals surface area contributed by atoms with Crippen molar-refractivity contribution in [3.05, 3.63) is 69.7 Å². The number of hydrogen-bond acceptors (Lipinski definition) is 2. The molecule has 2 N–H and O–H groups in total. The molecule has 1 heterocycles. The first kappa shape index (κ1) is 13.6. The van der Waals surface area contributed by atoms with Gasteiger partial charge in [0.2, 0.25) is 0 Å². The molecule has 0 aromatic heterocycles. The van der Waals surface area contributed by atoms with Gasteiger partial charge in [-0.1, -0.05) is 48.0 Å². The van der Waals surface area contributed by atoms with Gasteiger partial charge in [0.05, 0.1) is 0 Å². The van der Waals surface area contributed by atoms with E-state index in [0.29, 0.717) is 12.6 Å². The summed E-state index contributed by atoms with van der Waals surface area (Å²) in [7, 11) is 0. The normalized spacial score (nSPS) is 18.2. The Bertz CT molecular complexity index is 610. The van der Waals surface area contributed by atoms with Crippen LogP contribution >= 0.6 is 11.6 Å². The maximum atomic E-state index is 6.24. The Morgan fingerprint density at radius 1 is 1.20 bits per heavy atom. The molecule has 104 valence electrons. The Morgan fingerprint density at radius 3 is 2.65 bits per heavy atom. The van der Waals surface area contributed by atoms with Crippen LogP contribution in [0.1, 0.15) is 28.3 Å². The molecule has 0 saturated carbocycles. The average molecular weight is 287 g/mol. The monoisotopic (exact) mass is 286 g/mol. The second kappa shape index (κ2) is 5.57. The molecular formula is C17H19ClN2. The SMILES string of the molecule is Cc1c(Cl)ccc2c1CN(Cc1ccccc1)C2CN. The average Bonchev–Trinajstić information content (AvgIpc) is 2.82. The predicted octanol–water partition coefficient (Wildman–Crippen LogP) is 3.66. The zero-order valence-electron chi connectivity index (χ0n) is 11.6. The minimum atomic E-state index is 0.293. The number of fused-ring (bicyclic) bond motifs is 1. The van der Waals surface area contributed by atoms with Gasteiger partial charge in [-0.25, -0.2) is 0 Å². The Balaban J connectivity index is 1.90. The van der Waals surface area contributed by atoms with Crippen molar-refractivity contribution in [3.8, 4) is 0 Å². The topological polar surface area (TPSA) is 29.3 Å². The quantitative estimate of drug-likeness (QED) is 0.933. The van der Waals surface area contributed by atoms with Crippen LogP contribution in [-0.4, -0.2) is 11.4 Å². The largest absolute Gasteiger partial charge is 0.329 e. The Labute approximate surface area is 125 Å². The number of nitrogens with zero attached hydrogens (tertiary/aromatic N) is 1. The van der Waals surface area contributed by atoms with E-state index >= 15 is 0 Å². The minimum absolute atomic E-state index is 0.293. The molecule has 1 aliphatic rings. The third-order valence-corrected chi connectivity index (χ3v) is 4.59. The van der Waals surface area contributed by atoms with E-state index in [1.807, 2.05) is 12.1 Å². The van der Waals surface area contributed by atoms with E-state index in [1.165, 1.54) is 22.3 Å². The van der Waals surface area contributed by atoms with Crippen molar-refractivity contribution in [2.75, 3.05) is 6.54 Å². The van der Waals surface area contributed by atoms with Gasteiger partial charge < -0.3 is 5.73 Å². The number of benzene rings is 2. The fraction of sp³-hybridized carbons (Fsp3) is 0.294. The minimum Gasteiger partial charge on any atom is -0.329 e. The van der Waals surface area contributed by atoms with Gasteiger partial charge >= 0.3 is 0 Å². The third kappa shape index (κ3) is 2.35. The first-order valence-electron chi connectivity index (χ1n) is 6.96. The van der Waals surface area contributed by atoms with Gasteiger partial charge in [0.1, 0.15) is 0 Å². The molecule has 2 nitrogen and oxygen atoms in total. The highest BCUT2D eigenvalue weighted by atomic mass is 35.5. The number of hydrogen-bond donors (Lipinski definition) is 1. The van der Waals surface area contributed by atoms with E-state index in [4.69, 9.17) is 17.3 Å². The van der Waals surface area contributed by atoms with Crippen molar-refractivity contribution >= 4 is 11.6 Å². The molecule has 0 spiro atoms. The molecule has 3 heteroatoms. The molecule has 0 saturated heterocycles. The highest BCUT2D eigenvalue weighted by Crippen LogP contribution is 2.38. The van der Waals surface area contributed by atoms with Crippen molar-refractivity contribution in [3.63, 3.8) is 0 Å². The van der Waals surface area contributed by atoms with Gasteiger partial charge in [-0.05, 0) is 35.2 Å².